The molecule has 1 aliphatic carbocycles. The molecule has 2 saturated heterocycles. The van der Waals surface area contributed by atoms with Crippen molar-refractivity contribution >= 4 is 29.3 Å². The molecule has 8 nitrogen and oxygen atoms in total. The van der Waals surface area contributed by atoms with Crippen molar-refractivity contribution in [3.63, 3.8) is 0 Å². The molecule has 2 amide bonds. The molecule has 3 atom stereocenters. The number of nitrogens with zero attached hydrogens (tertiary/aromatic N) is 4. The Balaban J connectivity index is 1.12. The van der Waals surface area contributed by atoms with Gasteiger partial charge in [-0.3, -0.25) is 19.5 Å². The van der Waals surface area contributed by atoms with Crippen molar-refractivity contribution in [2.24, 2.45) is 11.8 Å². The summed E-state index contributed by atoms with van der Waals surface area (Å²) in [4.78, 5) is 38.0. The topological polar surface area (TPSA) is 87.7 Å². The van der Waals surface area contributed by atoms with Crippen molar-refractivity contribution in [3.8, 4) is 0 Å². The van der Waals surface area contributed by atoms with Gasteiger partial charge < -0.3 is 15.0 Å². The van der Waals surface area contributed by atoms with Gasteiger partial charge >= 0.3 is 0 Å². The van der Waals surface area contributed by atoms with Crippen molar-refractivity contribution in [2.45, 2.75) is 19.0 Å². The summed E-state index contributed by atoms with van der Waals surface area (Å²) < 4.78 is 5.47. The van der Waals surface area contributed by atoms with E-state index in [9.17, 15) is 9.59 Å². The van der Waals surface area contributed by atoms with Gasteiger partial charge in [-0.1, -0.05) is 6.08 Å². The van der Waals surface area contributed by atoms with Crippen molar-refractivity contribution in [1.29, 1.82) is 0 Å². The average molecular weight is 458 g/mol. The number of anilines is 1. The summed E-state index contributed by atoms with van der Waals surface area (Å²) in [6.07, 6.45) is 12.2. The minimum atomic E-state index is -0.286. The maximum absolute atomic E-state index is 12.9. The predicted octanol–water partition coefficient (Wildman–Crippen LogP) is 2.20. The monoisotopic (exact) mass is 457 g/mol. The first-order valence-corrected chi connectivity index (χ1v) is 11.8. The maximum Gasteiger partial charge on any atom is 0.246 e. The van der Waals surface area contributed by atoms with Crippen LogP contribution in [-0.2, 0) is 20.9 Å². The standard InChI is InChI=1S/C26H27N5O3/c32-24(31-13-20-10-19(11-21(20)14-31)18-3-5-27-6-4-18)2-1-17-9-22-15-30-7-8-34-16-23(30)26(33)29-25(22)28-12-17/h1-6,9-10,12,20-21,23H,7-8,11,13-16H2,(H,28,29,33). The lowest BCUT2D eigenvalue weighted by atomic mass is 9.99. The van der Waals surface area contributed by atoms with E-state index in [0.717, 1.165) is 30.6 Å². The second-order valence-electron chi connectivity index (χ2n) is 9.46. The minimum absolute atomic E-state index is 0.0322. The molecule has 3 aliphatic heterocycles. The Kier molecular flexibility index (Phi) is 5.47. The first-order chi connectivity index (χ1) is 16.6. The van der Waals surface area contributed by atoms with Crippen LogP contribution in [0.4, 0.5) is 5.82 Å². The zero-order valence-electron chi connectivity index (χ0n) is 18.9. The molecule has 4 aliphatic rings. The molecule has 0 aromatic carbocycles. The number of allylic oxidation sites excluding steroid dienone is 1. The summed E-state index contributed by atoms with van der Waals surface area (Å²) in [5, 5.41) is 2.92. The smallest absolute Gasteiger partial charge is 0.246 e. The van der Waals surface area contributed by atoms with E-state index < -0.39 is 0 Å². The van der Waals surface area contributed by atoms with E-state index in [4.69, 9.17) is 4.74 Å². The third-order valence-electron chi connectivity index (χ3n) is 7.31. The number of nitrogens with one attached hydrogen (secondary N) is 1. The number of amides is 2. The van der Waals surface area contributed by atoms with Crippen LogP contribution in [0.5, 0.6) is 0 Å². The quantitative estimate of drug-likeness (QED) is 0.711. The van der Waals surface area contributed by atoms with Crippen molar-refractivity contribution in [2.75, 3.05) is 38.2 Å². The third kappa shape index (κ3) is 4.03. The Morgan fingerprint density at radius 2 is 2.12 bits per heavy atom. The van der Waals surface area contributed by atoms with Crippen molar-refractivity contribution in [1.82, 2.24) is 19.8 Å². The Morgan fingerprint density at radius 3 is 2.97 bits per heavy atom. The molecule has 0 spiro atoms. The largest absolute Gasteiger partial charge is 0.378 e. The summed E-state index contributed by atoms with van der Waals surface area (Å²) in [6.45, 7) is 3.91. The van der Waals surface area contributed by atoms with Crippen LogP contribution in [0.3, 0.4) is 0 Å². The highest BCUT2D eigenvalue weighted by molar-refractivity contribution is 5.96. The van der Waals surface area contributed by atoms with Crippen LogP contribution in [0, 0.1) is 11.8 Å². The SMILES string of the molecule is O=C1Nc2ncc(C=CC(=O)N3CC4C=C(c5ccncc5)CC4C3)cc2CN2CCOCC12. The first-order valence-electron chi connectivity index (χ1n) is 11.8. The highest BCUT2D eigenvalue weighted by atomic mass is 16.5. The molecule has 174 valence electrons. The van der Waals surface area contributed by atoms with Gasteiger partial charge in [-0.15, -0.1) is 0 Å². The van der Waals surface area contributed by atoms with E-state index in [1.54, 1.807) is 12.3 Å². The number of pyridine rings is 2. The molecule has 2 aromatic heterocycles. The molecule has 0 radical (unpaired) electrons. The van der Waals surface area contributed by atoms with Crippen LogP contribution >= 0.6 is 0 Å². The van der Waals surface area contributed by atoms with E-state index in [0.29, 0.717) is 44.0 Å². The van der Waals surface area contributed by atoms with Gasteiger partial charge in [-0.25, -0.2) is 4.98 Å². The van der Waals surface area contributed by atoms with Crippen molar-refractivity contribution < 1.29 is 14.3 Å². The predicted molar refractivity (Wildman–Crippen MR) is 127 cm³/mol. The molecule has 1 N–H and O–H groups in total. The van der Waals surface area contributed by atoms with Gasteiger partial charge in [0.05, 0.1) is 13.2 Å². The van der Waals surface area contributed by atoms with Gasteiger partial charge in [0.25, 0.3) is 0 Å². The van der Waals surface area contributed by atoms with Crippen LogP contribution in [0.2, 0.25) is 0 Å². The molecule has 6 rings (SSSR count). The van der Waals surface area contributed by atoms with Crippen LogP contribution in [-0.4, -0.2) is 70.5 Å². The zero-order chi connectivity index (χ0) is 23.1. The molecule has 8 heteroatoms. The molecule has 0 saturated carbocycles. The lowest BCUT2D eigenvalue weighted by Gasteiger charge is -2.32. The van der Waals surface area contributed by atoms with E-state index in [1.807, 2.05) is 29.4 Å². The number of morpholine rings is 1. The number of fused-ring (bicyclic) bond motifs is 3. The molecule has 34 heavy (non-hydrogen) atoms. The molecular formula is C26H27N5O3. The number of ether oxygens (including phenoxy) is 1. The number of hydrogen-bond donors (Lipinski definition) is 1. The van der Waals surface area contributed by atoms with Crippen LogP contribution in [0.25, 0.3) is 11.6 Å². The third-order valence-corrected chi connectivity index (χ3v) is 7.31. The Labute approximate surface area is 198 Å². The van der Waals surface area contributed by atoms with E-state index >= 15 is 0 Å². The normalized spacial score (nSPS) is 26.5. The fraction of sp³-hybridized carbons (Fsp3) is 0.385. The fourth-order valence-corrected chi connectivity index (χ4v) is 5.48. The van der Waals surface area contributed by atoms with E-state index in [-0.39, 0.29) is 17.9 Å². The van der Waals surface area contributed by atoms with Gasteiger partial charge in [0, 0.05) is 56.4 Å². The average Bonchev–Trinajstić information content (AvgIpc) is 3.40. The van der Waals surface area contributed by atoms with Crippen molar-refractivity contribution in [3.05, 3.63) is 65.6 Å². The van der Waals surface area contributed by atoms with Gasteiger partial charge in [0.2, 0.25) is 11.8 Å². The van der Waals surface area contributed by atoms with E-state index in [1.165, 1.54) is 11.1 Å². The number of carbonyl (C=O) groups excluding carboxylic acids is 2. The highest BCUT2D eigenvalue weighted by Crippen LogP contribution is 2.40. The number of aromatic nitrogens is 2. The number of rotatable bonds is 3. The number of likely N-dealkylation sites (tertiary alicyclic amines) is 1. The summed E-state index contributed by atoms with van der Waals surface area (Å²) in [7, 11) is 0. The summed E-state index contributed by atoms with van der Waals surface area (Å²) in [5.74, 6) is 1.45. The van der Waals surface area contributed by atoms with Gasteiger partial charge in [-0.05, 0) is 59.2 Å². The van der Waals surface area contributed by atoms with Crippen LogP contribution in [0.15, 0.2) is 48.9 Å². The zero-order valence-corrected chi connectivity index (χ0v) is 18.9. The summed E-state index contributed by atoms with van der Waals surface area (Å²) in [6, 6.07) is 5.83. The molecule has 2 fully saturated rings. The van der Waals surface area contributed by atoms with Crippen LogP contribution in [0.1, 0.15) is 23.1 Å². The number of hydrogen-bond acceptors (Lipinski definition) is 6. The van der Waals surface area contributed by atoms with Gasteiger partial charge in [-0.2, -0.15) is 0 Å². The van der Waals surface area contributed by atoms with E-state index in [2.05, 4.69) is 38.4 Å². The second kappa shape index (κ2) is 8.77. The molecular weight excluding hydrogens is 430 g/mol. The second-order valence-corrected chi connectivity index (χ2v) is 9.46. The molecule has 5 heterocycles. The van der Waals surface area contributed by atoms with Crippen LogP contribution < -0.4 is 5.32 Å². The highest BCUT2D eigenvalue weighted by Gasteiger charge is 2.38. The van der Waals surface area contributed by atoms with Gasteiger partial charge in [0.1, 0.15) is 11.9 Å². The summed E-state index contributed by atoms with van der Waals surface area (Å²) in [5.41, 5.74) is 4.41. The Morgan fingerprint density at radius 1 is 1.24 bits per heavy atom. The Bertz CT molecular complexity index is 1180. The Hall–Kier alpha value is -3.36. The fourth-order valence-electron chi connectivity index (χ4n) is 5.48. The number of carbonyl (C=O) groups is 2. The summed E-state index contributed by atoms with van der Waals surface area (Å²) >= 11 is 0. The molecule has 0 bridgehead atoms. The van der Waals surface area contributed by atoms with Gasteiger partial charge in [0.15, 0.2) is 0 Å². The maximum atomic E-state index is 12.9. The molecule has 2 aromatic rings. The minimum Gasteiger partial charge on any atom is -0.378 e. The molecule has 3 unspecified atom stereocenters. The lowest BCUT2D eigenvalue weighted by Crippen LogP contribution is -2.49. The lowest BCUT2D eigenvalue weighted by molar-refractivity contribution is -0.127. The first kappa shape index (κ1) is 21.2.